The van der Waals surface area contributed by atoms with E-state index in [1.807, 2.05) is 17.9 Å². The van der Waals surface area contributed by atoms with E-state index >= 15 is 0 Å². The number of aromatic amines is 1. The van der Waals surface area contributed by atoms with E-state index in [4.69, 9.17) is 0 Å². The van der Waals surface area contributed by atoms with Gasteiger partial charge in [-0.3, -0.25) is 9.89 Å². The second-order valence-electron chi connectivity index (χ2n) is 5.91. The number of likely N-dealkylation sites (tertiary alicyclic amines) is 1. The first-order chi connectivity index (χ1) is 10.1. The SMILES string of the molecule is C=CC[C@]1(CO)CCCN(C(=O)CCc2n[nH]c(C)n2)C1. The maximum absolute atomic E-state index is 12.3. The van der Waals surface area contributed by atoms with Crippen molar-refractivity contribution in [2.24, 2.45) is 5.41 Å². The number of aliphatic hydroxyl groups excluding tert-OH is 1. The number of hydrogen-bond acceptors (Lipinski definition) is 4. The summed E-state index contributed by atoms with van der Waals surface area (Å²) in [5.74, 6) is 1.55. The van der Waals surface area contributed by atoms with Crippen LogP contribution in [0.5, 0.6) is 0 Å². The number of nitrogens with one attached hydrogen (secondary N) is 1. The predicted octanol–water partition coefficient (Wildman–Crippen LogP) is 1.22. The predicted molar refractivity (Wildman–Crippen MR) is 79.6 cm³/mol. The van der Waals surface area contributed by atoms with E-state index in [1.165, 1.54) is 0 Å². The molecule has 1 aromatic rings. The van der Waals surface area contributed by atoms with Crippen LogP contribution >= 0.6 is 0 Å². The van der Waals surface area contributed by atoms with Crippen molar-refractivity contribution in [3.05, 3.63) is 24.3 Å². The third-order valence-corrected chi connectivity index (χ3v) is 4.13. The Balaban J connectivity index is 1.90. The molecule has 0 aromatic carbocycles. The number of carbonyl (C=O) groups excluding carboxylic acids is 1. The fourth-order valence-corrected chi connectivity index (χ4v) is 2.96. The quantitative estimate of drug-likeness (QED) is 0.772. The van der Waals surface area contributed by atoms with E-state index in [1.54, 1.807) is 0 Å². The lowest BCUT2D eigenvalue weighted by Gasteiger charge is -2.41. The summed E-state index contributed by atoms with van der Waals surface area (Å²) >= 11 is 0. The van der Waals surface area contributed by atoms with Crippen LogP contribution in [0.25, 0.3) is 0 Å². The van der Waals surface area contributed by atoms with Crippen molar-refractivity contribution < 1.29 is 9.90 Å². The minimum atomic E-state index is -0.211. The van der Waals surface area contributed by atoms with Gasteiger partial charge in [0, 0.05) is 31.3 Å². The Hall–Kier alpha value is -1.69. The van der Waals surface area contributed by atoms with Gasteiger partial charge >= 0.3 is 0 Å². The Bertz CT molecular complexity index is 500. The number of H-pyrrole nitrogens is 1. The van der Waals surface area contributed by atoms with Crippen LogP contribution in [0.1, 0.15) is 37.3 Å². The third kappa shape index (κ3) is 3.91. The van der Waals surface area contributed by atoms with E-state index in [9.17, 15) is 9.90 Å². The fourth-order valence-electron chi connectivity index (χ4n) is 2.96. The third-order valence-electron chi connectivity index (χ3n) is 4.13. The molecule has 21 heavy (non-hydrogen) atoms. The molecule has 1 saturated heterocycles. The van der Waals surface area contributed by atoms with Gasteiger partial charge in [0.25, 0.3) is 0 Å². The highest BCUT2D eigenvalue weighted by Crippen LogP contribution is 2.33. The number of nitrogens with zero attached hydrogens (tertiary/aromatic N) is 3. The molecule has 2 N–H and O–H groups in total. The van der Waals surface area contributed by atoms with Crippen molar-refractivity contribution in [1.82, 2.24) is 20.1 Å². The van der Waals surface area contributed by atoms with Crippen LogP contribution in [0.2, 0.25) is 0 Å². The zero-order chi connectivity index (χ0) is 15.3. The summed E-state index contributed by atoms with van der Waals surface area (Å²) < 4.78 is 0. The van der Waals surface area contributed by atoms with Gasteiger partial charge in [-0.05, 0) is 26.2 Å². The first-order valence-corrected chi connectivity index (χ1v) is 7.46. The lowest BCUT2D eigenvalue weighted by molar-refractivity contribution is -0.135. The molecule has 2 heterocycles. The summed E-state index contributed by atoms with van der Waals surface area (Å²) in [7, 11) is 0. The molecule has 1 fully saturated rings. The zero-order valence-corrected chi connectivity index (χ0v) is 12.6. The maximum Gasteiger partial charge on any atom is 0.223 e. The van der Waals surface area contributed by atoms with Crippen LogP contribution in [-0.2, 0) is 11.2 Å². The van der Waals surface area contributed by atoms with Gasteiger partial charge < -0.3 is 10.0 Å². The minimum absolute atomic E-state index is 0.100. The van der Waals surface area contributed by atoms with Crippen molar-refractivity contribution in [2.45, 2.75) is 39.0 Å². The molecule has 0 bridgehead atoms. The minimum Gasteiger partial charge on any atom is -0.396 e. The van der Waals surface area contributed by atoms with Gasteiger partial charge in [0.05, 0.1) is 6.61 Å². The van der Waals surface area contributed by atoms with Gasteiger partial charge in [0.1, 0.15) is 5.82 Å². The molecule has 1 amide bonds. The van der Waals surface area contributed by atoms with Crippen LogP contribution in [-0.4, -0.2) is 50.8 Å². The molecule has 0 saturated carbocycles. The van der Waals surface area contributed by atoms with E-state index in [0.717, 1.165) is 31.6 Å². The topological polar surface area (TPSA) is 82.1 Å². The van der Waals surface area contributed by atoms with Gasteiger partial charge in [0.2, 0.25) is 5.91 Å². The molecule has 2 rings (SSSR count). The first kappa shape index (κ1) is 15.7. The van der Waals surface area contributed by atoms with Gasteiger partial charge in [-0.25, -0.2) is 4.98 Å². The molecule has 1 aliphatic heterocycles. The number of allylic oxidation sites excluding steroid dienone is 1. The second-order valence-corrected chi connectivity index (χ2v) is 5.91. The standard InChI is InChI=1S/C15H24N4O2/c1-3-7-15(11-20)8-4-9-19(10-15)14(21)6-5-13-16-12(2)17-18-13/h3,20H,1,4-11H2,2H3,(H,16,17,18)/t15-/m0/s1. The van der Waals surface area contributed by atoms with Crippen molar-refractivity contribution in [1.29, 1.82) is 0 Å². The Kier molecular flexibility index (Phi) is 5.12. The molecule has 0 unspecified atom stereocenters. The summed E-state index contributed by atoms with van der Waals surface area (Å²) in [6.07, 6.45) is 5.41. The van der Waals surface area contributed by atoms with Crippen LogP contribution < -0.4 is 0 Å². The van der Waals surface area contributed by atoms with Crippen molar-refractivity contribution in [3.63, 3.8) is 0 Å². The average Bonchev–Trinajstić information content (AvgIpc) is 2.91. The summed E-state index contributed by atoms with van der Waals surface area (Å²) in [5, 5.41) is 16.5. The van der Waals surface area contributed by atoms with E-state index in [2.05, 4.69) is 21.8 Å². The van der Waals surface area contributed by atoms with Crippen LogP contribution in [0.3, 0.4) is 0 Å². The average molecular weight is 292 g/mol. The van der Waals surface area contributed by atoms with Crippen LogP contribution in [0.15, 0.2) is 12.7 Å². The highest BCUT2D eigenvalue weighted by Gasteiger charge is 2.35. The molecule has 0 aliphatic carbocycles. The van der Waals surface area contributed by atoms with E-state index in [-0.39, 0.29) is 17.9 Å². The molecule has 1 aromatic heterocycles. The van der Waals surface area contributed by atoms with Gasteiger partial charge in [-0.2, -0.15) is 5.10 Å². The Morgan fingerprint density at radius 1 is 1.62 bits per heavy atom. The number of piperidine rings is 1. The lowest BCUT2D eigenvalue weighted by Crippen LogP contribution is -2.47. The number of hydrogen-bond donors (Lipinski definition) is 2. The summed E-state index contributed by atoms with van der Waals surface area (Å²) in [6.45, 7) is 7.08. The molecule has 6 heteroatoms. The highest BCUT2D eigenvalue weighted by atomic mass is 16.3. The molecular weight excluding hydrogens is 268 g/mol. The van der Waals surface area contributed by atoms with Crippen molar-refractivity contribution in [2.75, 3.05) is 19.7 Å². The Morgan fingerprint density at radius 3 is 3.05 bits per heavy atom. The van der Waals surface area contributed by atoms with E-state index in [0.29, 0.717) is 25.2 Å². The van der Waals surface area contributed by atoms with Crippen LogP contribution in [0.4, 0.5) is 0 Å². The van der Waals surface area contributed by atoms with Crippen molar-refractivity contribution >= 4 is 5.91 Å². The second kappa shape index (κ2) is 6.85. The Labute approximate surface area is 125 Å². The smallest absolute Gasteiger partial charge is 0.223 e. The van der Waals surface area contributed by atoms with Crippen molar-refractivity contribution in [3.8, 4) is 0 Å². The molecule has 116 valence electrons. The molecule has 1 atom stereocenters. The van der Waals surface area contributed by atoms with E-state index < -0.39 is 0 Å². The number of rotatable bonds is 6. The number of amides is 1. The van der Waals surface area contributed by atoms with Gasteiger partial charge in [-0.1, -0.05) is 6.08 Å². The molecule has 0 radical (unpaired) electrons. The lowest BCUT2D eigenvalue weighted by atomic mass is 9.77. The summed E-state index contributed by atoms with van der Waals surface area (Å²) in [5.41, 5.74) is -0.211. The number of carbonyl (C=O) groups is 1. The highest BCUT2D eigenvalue weighted by molar-refractivity contribution is 5.76. The van der Waals surface area contributed by atoms with Gasteiger partial charge in [0.15, 0.2) is 5.82 Å². The summed E-state index contributed by atoms with van der Waals surface area (Å²) in [4.78, 5) is 18.4. The molecule has 0 spiro atoms. The zero-order valence-electron chi connectivity index (χ0n) is 12.6. The molecular formula is C15H24N4O2. The van der Waals surface area contributed by atoms with Gasteiger partial charge in [-0.15, -0.1) is 6.58 Å². The monoisotopic (exact) mass is 292 g/mol. The maximum atomic E-state index is 12.3. The molecule has 6 nitrogen and oxygen atoms in total. The molecule has 1 aliphatic rings. The number of aromatic nitrogens is 3. The summed E-state index contributed by atoms with van der Waals surface area (Å²) in [6, 6.07) is 0. The Morgan fingerprint density at radius 2 is 2.43 bits per heavy atom. The van der Waals surface area contributed by atoms with Crippen LogP contribution in [0, 0.1) is 12.3 Å². The number of aliphatic hydroxyl groups is 1. The largest absolute Gasteiger partial charge is 0.396 e. The number of aryl methyl sites for hydroxylation is 2. The first-order valence-electron chi connectivity index (χ1n) is 7.46. The normalized spacial score (nSPS) is 22.3. The fraction of sp³-hybridized carbons (Fsp3) is 0.667.